The fourth-order valence-electron chi connectivity index (χ4n) is 3.26. The lowest BCUT2D eigenvalue weighted by Gasteiger charge is -2.11. The van der Waals surface area contributed by atoms with Crippen LogP contribution in [0.2, 0.25) is 0 Å². The van der Waals surface area contributed by atoms with Crippen molar-refractivity contribution < 1.29 is 8.42 Å². The number of aromatic nitrogens is 1. The van der Waals surface area contributed by atoms with Crippen molar-refractivity contribution in [1.29, 1.82) is 0 Å². The molecule has 1 heterocycles. The molecule has 0 aliphatic heterocycles. The van der Waals surface area contributed by atoms with Gasteiger partial charge >= 0.3 is 0 Å². The first kappa shape index (κ1) is 25.2. The number of aliphatic imine (C=N–C) groups is 1. The van der Waals surface area contributed by atoms with Crippen molar-refractivity contribution in [3.8, 4) is 0 Å². The Balaban J connectivity index is 0.00000341. The predicted molar refractivity (Wildman–Crippen MR) is 138 cm³/mol. The Morgan fingerprint density at radius 1 is 1.13 bits per heavy atom. The maximum atomic E-state index is 12.0. The number of guanidine groups is 1. The van der Waals surface area contributed by atoms with E-state index in [1.807, 2.05) is 13.0 Å². The molecule has 4 N–H and O–H groups in total. The maximum Gasteiger partial charge on any atom is 0.240 e. The number of halogens is 1. The average molecular weight is 555 g/mol. The summed E-state index contributed by atoms with van der Waals surface area (Å²) in [6, 6.07) is 13.3. The van der Waals surface area contributed by atoms with Crippen LogP contribution < -0.4 is 15.4 Å². The number of rotatable bonds is 8. The summed E-state index contributed by atoms with van der Waals surface area (Å²) in [6.07, 6.45) is 2.92. The van der Waals surface area contributed by atoms with Crippen LogP contribution >= 0.6 is 24.0 Å². The van der Waals surface area contributed by atoms with Crippen LogP contribution in [0.4, 0.5) is 0 Å². The SMILES string of the molecule is CCNC(=NCc1cccc(S(=O)(=O)NC)c1)NCCc1c[nH]c2cc(C)ccc12.I. The molecule has 1 aromatic heterocycles. The lowest BCUT2D eigenvalue weighted by Crippen LogP contribution is -2.38. The first-order valence-electron chi connectivity index (χ1n) is 10.0. The van der Waals surface area contributed by atoms with E-state index in [0.717, 1.165) is 30.6 Å². The molecular formula is C22H30IN5O2S. The van der Waals surface area contributed by atoms with Crippen LogP contribution in [0.3, 0.4) is 0 Å². The molecule has 3 aromatic rings. The largest absolute Gasteiger partial charge is 0.361 e. The predicted octanol–water partition coefficient (Wildman–Crippen LogP) is 3.30. The van der Waals surface area contributed by atoms with Crippen LogP contribution in [-0.4, -0.2) is 39.5 Å². The van der Waals surface area contributed by atoms with E-state index in [-0.39, 0.29) is 28.9 Å². The van der Waals surface area contributed by atoms with Gasteiger partial charge in [-0.3, -0.25) is 0 Å². The quantitative estimate of drug-likeness (QED) is 0.195. The molecule has 0 saturated carbocycles. The van der Waals surface area contributed by atoms with Gasteiger partial charge in [0, 0.05) is 30.2 Å². The van der Waals surface area contributed by atoms with Crippen molar-refractivity contribution in [2.75, 3.05) is 20.1 Å². The molecule has 0 radical (unpaired) electrons. The number of hydrogen-bond donors (Lipinski definition) is 4. The third-order valence-electron chi connectivity index (χ3n) is 4.85. The molecule has 0 saturated heterocycles. The number of nitrogens with zero attached hydrogens (tertiary/aromatic N) is 1. The molecule has 7 nitrogen and oxygen atoms in total. The summed E-state index contributed by atoms with van der Waals surface area (Å²) in [4.78, 5) is 8.17. The van der Waals surface area contributed by atoms with Crippen molar-refractivity contribution >= 4 is 50.9 Å². The van der Waals surface area contributed by atoms with Gasteiger partial charge in [0.05, 0.1) is 11.4 Å². The maximum absolute atomic E-state index is 12.0. The van der Waals surface area contributed by atoms with Gasteiger partial charge in [0.2, 0.25) is 10.0 Å². The van der Waals surface area contributed by atoms with Gasteiger partial charge in [-0.15, -0.1) is 24.0 Å². The topological polar surface area (TPSA) is 98.4 Å². The summed E-state index contributed by atoms with van der Waals surface area (Å²) in [6.45, 7) is 5.96. The van der Waals surface area contributed by atoms with E-state index in [1.165, 1.54) is 23.6 Å². The van der Waals surface area contributed by atoms with E-state index in [0.29, 0.717) is 12.5 Å². The minimum atomic E-state index is -3.46. The molecule has 0 amide bonds. The van der Waals surface area contributed by atoms with Crippen molar-refractivity contribution in [2.45, 2.75) is 31.7 Å². The second kappa shape index (κ2) is 11.5. The average Bonchev–Trinajstić information content (AvgIpc) is 3.14. The molecule has 0 fully saturated rings. The molecule has 0 aliphatic rings. The lowest BCUT2D eigenvalue weighted by atomic mass is 10.1. The summed E-state index contributed by atoms with van der Waals surface area (Å²) < 4.78 is 26.3. The number of hydrogen-bond acceptors (Lipinski definition) is 3. The van der Waals surface area contributed by atoms with Crippen molar-refractivity contribution in [2.24, 2.45) is 4.99 Å². The van der Waals surface area contributed by atoms with Gasteiger partial charge in [-0.1, -0.05) is 24.3 Å². The summed E-state index contributed by atoms with van der Waals surface area (Å²) >= 11 is 0. The van der Waals surface area contributed by atoms with E-state index in [4.69, 9.17) is 0 Å². The van der Waals surface area contributed by atoms with Gasteiger partial charge in [0.1, 0.15) is 0 Å². The molecule has 0 spiro atoms. The second-order valence-electron chi connectivity index (χ2n) is 7.09. The molecule has 0 aliphatic carbocycles. The molecule has 0 atom stereocenters. The fourth-order valence-corrected chi connectivity index (χ4v) is 4.06. The van der Waals surface area contributed by atoms with Crippen LogP contribution in [0.5, 0.6) is 0 Å². The normalized spacial score (nSPS) is 11.9. The standard InChI is InChI=1S/C22H29N5O2S.HI/c1-4-24-22(27-14-17-6-5-7-19(13-17)30(28,29)23-3)25-11-10-18-15-26-21-12-16(2)8-9-20(18)21;/h5-9,12-13,15,23,26H,4,10-11,14H2,1-3H3,(H2,24,25,27);1H. The van der Waals surface area contributed by atoms with Crippen LogP contribution in [-0.2, 0) is 23.0 Å². The highest BCUT2D eigenvalue weighted by atomic mass is 127. The first-order valence-corrected chi connectivity index (χ1v) is 11.5. The second-order valence-corrected chi connectivity index (χ2v) is 8.98. The minimum absolute atomic E-state index is 0. The first-order chi connectivity index (χ1) is 14.4. The summed E-state index contributed by atoms with van der Waals surface area (Å²) in [5, 5.41) is 7.83. The number of H-pyrrole nitrogens is 1. The smallest absolute Gasteiger partial charge is 0.240 e. The number of benzene rings is 2. The highest BCUT2D eigenvalue weighted by molar-refractivity contribution is 14.0. The summed E-state index contributed by atoms with van der Waals surface area (Å²) in [7, 11) is -2.06. The van der Waals surface area contributed by atoms with E-state index >= 15 is 0 Å². The summed E-state index contributed by atoms with van der Waals surface area (Å²) in [5.41, 5.74) is 4.48. The number of sulfonamides is 1. The zero-order valence-corrected chi connectivity index (χ0v) is 21.2. The minimum Gasteiger partial charge on any atom is -0.361 e. The molecule has 0 bridgehead atoms. The molecule has 3 rings (SSSR count). The fraction of sp³-hybridized carbons (Fsp3) is 0.318. The highest BCUT2D eigenvalue weighted by Crippen LogP contribution is 2.19. The molecular weight excluding hydrogens is 525 g/mol. The number of nitrogens with one attached hydrogen (secondary N) is 4. The number of aryl methyl sites for hydroxylation is 1. The molecule has 9 heteroatoms. The van der Waals surface area contributed by atoms with E-state index < -0.39 is 10.0 Å². The zero-order chi connectivity index (χ0) is 21.6. The Bertz CT molecular complexity index is 1140. The van der Waals surface area contributed by atoms with Crippen molar-refractivity contribution in [1.82, 2.24) is 20.3 Å². The van der Waals surface area contributed by atoms with E-state index in [9.17, 15) is 8.42 Å². The van der Waals surface area contributed by atoms with Gasteiger partial charge in [0.25, 0.3) is 0 Å². The van der Waals surface area contributed by atoms with Crippen molar-refractivity contribution in [3.63, 3.8) is 0 Å². The number of aromatic amines is 1. The Hall–Kier alpha value is -2.11. The third kappa shape index (κ3) is 6.68. The Morgan fingerprint density at radius 2 is 1.94 bits per heavy atom. The van der Waals surface area contributed by atoms with Gasteiger partial charge in [-0.25, -0.2) is 18.1 Å². The monoisotopic (exact) mass is 555 g/mol. The van der Waals surface area contributed by atoms with E-state index in [1.54, 1.807) is 18.2 Å². The Labute approximate surface area is 201 Å². The molecule has 0 unspecified atom stereocenters. The van der Waals surface area contributed by atoms with E-state index in [2.05, 4.69) is 56.7 Å². The van der Waals surface area contributed by atoms with Gasteiger partial charge in [-0.05, 0) is 62.2 Å². The third-order valence-corrected chi connectivity index (χ3v) is 6.26. The number of fused-ring (bicyclic) bond motifs is 1. The zero-order valence-electron chi connectivity index (χ0n) is 18.0. The molecule has 31 heavy (non-hydrogen) atoms. The van der Waals surface area contributed by atoms with Crippen LogP contribution in [0.25, 0.3) is 10.9 Å². The highest BCUT2D eigenvalue weighted by Gasteiger charge is 2.11. The lowest BCUT2D eigenvalue weighted by molar-refractivity contribution is 0.588. The Morgan fingerprint density at radius 3 is 2.68 bits per heavy atom. The van der Waals surface area contributed by atoms with Crippen molar-refractivity contribution in [3.05, 3.63) is 65.4 Å². The van der Waals surface area contributed by atoms with Crippen LogP contribution in [0.15, 0.2) is 58.5 Å². The van der Waals surface area contributed by atoms with Crippen LogP contribution in [0.1, 0.15) is 23.6 Å². The Kier molecular flexibility index (Phi) is 9.32. The van der Waals surface area contributed by atoms with Gasteiger partial charge in [-0.2, -0.15) is 0 Å². The van der Waals surface area contributed by atoms with Gasteiger partial charge in [0.15, 0.2) is 5.96 Å². The molecule has 168 valence electrons. The van der Waals surface area contributed by atoms with Gasteiger partial charge < -0.3 is 15.6 Å². The summed E-state index contributed by atoms with van der Waals surface area (Å²) in [5.74, 6) is 0.704. The molecule has 2 aromatic carbocycles. The van der Waals surface area contributed by atoms with Crippen LogP contribution in [0, 0.1) is 6.92 Å².